The molecule has 0 unspecified atom stereocenters. The lowest BCUT2D eigenvalue weighted by Crippen LogP contribution is -2.50. The fourth-order valence-electron chi connectivity index (χ4n) is 4.39. The number of likely N-dealkylation sites (N-methyl/N-ethyl adjacent to an activating group) is 1. The van der Waals surface area contributed by atoms with Gasteiger partial charge in [0.1, 0.15) is 0 Å². The zero-order valence-electron chi connectivity index (χ0n) is 26.3. The molecule has 1 heterocycles. The van der Waals surface area contributed by atoms with Crippen molar-refractivity contribution in [3.8, 4) is 16.9 Å². The molecule has 4 aromatic rings. The first kappa shape index (κ1) is 36.2. The third kappa shape index (κ3) is 9.47. The molecule has 260 valence electrons. The highest BCUT2D eigenvalue weighted by atomic mass is 32.2. The highest BCUT2D eigenvalue weighted by Crippen LogP contribution is 2.33. The zero-order chi connectivity index (χ0) is 35.8. The molecule has 0 aliphatic carbocycles. The highest BCUT2D eigenvalue weighted by Gasteiger charge is 2.36. The van der Waals surface area contributed by atoms with Crippen LogP contribution in [0.15, 0.2) is 95.1 Å². The number of carbonyl (C=O) groups excluding carboxylic acids is 2. The number of nitrogens with one attached hydrogen (secondary N) is 1. The second-order valence-corrected chi connectivity index (χ2v) is 12.0. The largest absolute Gasteiger partial charge is 0.569 e. The van der Waals surface area contributed by atoms with Crippen LogP contribution >= 0.6 is 0 Å². The monoisotopic (exact) mass is 704 g/mol. The van der Waals surface area contributed by atoms with E-state index in [4.69, 9.17) is 0 Å². The maximum Gasteiger partial charge on any atom is 0.511 e. The zero-order valence-corrected chi connectivity index (χ0v) is 27.1. The van der Waals surface area contributed by atoms with Crippen molar-refractivity contribution in [2.24, 2.45) is 5.28 Å². The van der Waals surface area contributed by atoms with E-state index in [2.05, 4.69) is 24.7 Å². The first-order chi connectivity index (χ1) is 23.2. The third-order valence-corrected chi connectivity index (χ3v) is 8.25. The highest BCUT2D eigenvalue weighted by molar-refractivity contribution is 7.90. The quantitative estimate of drug-likeness (QED) is 0.0491. The Morgan fingerprint density at radius 1 is 1.04 bits per heavy atom. The Hall–Kier alpha value is -5.65. The van der Waals surface area contributed by atoms with Gasteiger partial charge in [-0.2, -0.15) is 18.3 Å². The van der Waals surface area contributed by atoms with Crippen molar-refractivity contribution in [3.05, 3.63) is 107 Å². The predicted molar refractivity (Wildman–Crippen MR) is 166 cm³/mol. The van der Waals surface area contributed by atoms with E-state index in [1.54, 1.807) is 61.5 Å². The van der Waals surface area contributed by atoms with Crippen LogP contribution in [0.2, 0.25) is 0 Å². The predicted octanol–water partition coefficient (Wildman–Crippen LogP) is 5.15. The van der Waals surface area contributed by atoms with Gasteiger partial charge < -0.3 is 19.5 Å². The van der Waals surface area contributed by atoms with E-state index in [9.17, 15) is 36.4 Å². The lowest BCUT2D eigenvalue weighted by molar-refractivity contribution is -0.710. The topological polar surface area (TPSA) is 167 Å². The van der Waals surface area contributed by atoms with Crippen LogP contribution in [0.5, 0.6) is 0 Å². The number of nitrogens with zero attached hydrogens (tertiary/aromatic N) is 5. The summed E-state index contributed by atoms with van der Waals surface area (Å²) in [6.45, 7) is 2.63. The summed E-state index contributed by atoms with van der Waals surface area (Å²) >= 11 is 0. The van der Waals surface area contributed by atoms with Crippen molar-refractivity contribution >= 4 is 22.1 Å². The molecule has 0 bridgehead atoms. The minimum Gasteiger partial charge on any atom is -0.569 e. The Kier molecular flexibility index (Phi) is 11.4. The minimum absolute atomic E-state index is 0.0395. The van der Waals surface area contributed by atoms with E-state index in [0.29, 0.717) is 11.1 Å². The van der Waals surface area contributed by atoms with E-state index in [-0.39, 0.29) is 29.4 Å². The van der Waals surface area contributed by atoms with E-state index in [1.165, 1.54) is 12.1 Å². The van der Waals surface area contributed by atoms with Gasteiger partial charge in [-0.3, -0.25) is 4.79 Å². The van der Waals surface area contributed by atoms with Crippen LogP contribution in [0.25, 0.3) is 16.9 Å². The van der Waals surface area contributed by atoms with Gasteiger partial charge in [0, 0.05) is 12.0 Å². The average Bonchev–Trinajstić information content (AvgIpc) is 3.52. The smallest absolute Gasteiger partial charge is 0.511 e. The summed E-state index contributed by atoms with van der Waals surface area (Å²) in [7, 11) is -3.41. The molecule has 0 saturated carbocycles. The van der Waals surface area contributed by atoms with Crippen molar-refractivity contribution in [3.63, 3.8) is 0 Å². The number of aromatic nitrogens is 2. The summed E-state index contributed by atoms with van der Waals surface area (Å²) < 4.78 is 79.5. The van der Waals surface area contributed by atoms with Crippen LogP contribution in [0, 0.1) is 12.1 Å². The second kappa shape index (κ2) is 15.5. The van der Waals surface area contributed by atoms with Gasteiger partial charge in [0.25, 0.3) is 22.7 Å². The number of aryl methyl sites for hydroxylation is 1. The maximum absolute atomic E-state index is 13.6. The summed E-state index contributed by atoms with van der Waals surface area (Å²) in [5.74, 6) is -1.11. The van der Waals surface area contributed by atoms with Gasteiger partial charge in [-0.05, 0) is 49.7 Å². The molecule has 1 atom stereocenters. The van der Waals surface area contributed by atoms with Gasteiger partial charge in [0.05, 0.1) is 34.9 Å². The summed E-state index contributed by atoms with van der Waals surface area (Å²) in [5, 5.41) is 20.3. The fourth-order valence-corrected chi connectivity index (χ4v) is 5.40. The SMILES string of the molecule is CCOC(=O)OCO/N=[N+](\[O-])N(C)[C@@H](Cc1ccccc1)C(=O)NS(=O)(=O)c1ccc(-n2nc(C(F)(F)F)cc2-c2ccc(C)cc2)cc1. The number of carbonyl (C=O) groups is 2. The number of rotatable bonds is 13. The molecule has 0 fully saturated rings. The number of hydrazine groups is 1. The van der Waals surface area contributed by atoms with Crippen LogP contribution < -0.4 is 4.72 Å². The van der Waals surface area contributed by atoms with Gasteiger partial charge in [-0.15, -0.1) is 5.01 Å². The number of alkyl halides is 3. The van der Waals surface area contributed by atoms with Crippen LogP contribution in [0.4, 0.5) is 18.0 Å². The average molecular weight is 705 g/mol. The van der Waals surface area contributed by atoms with Gasteiger partial charge in [0.15, 0.2) is 11.7 Å². The number of benzene rings is 3. The second-order valence-electron chi connectivity index (χ2n) is 10.3. The summed E-state index contributed by atoms with van der Waals surface area (Å²) in [6, 6.07) is 19.3. The molecule has 1 amide bonds. The minimum atomic E-state index is -4.74. The van der Waals surface area contributed by atoms with Gasteiger partial charge in [0.2, 0.25) is 5.28 Å². The van der Waals surface area contributed by atoms with E-state index >= 15 is 0 Å². The van der Waals surface area contributed by atoms with Gasteiger partial charge >= 0.3 is 12.3 Å². The Balaban J connectivity index is 1.56. The molecule has 49 heavy (non-hydrogen) atoms. The summed E-state index contributed by atoms with van der Waals surface area (Å²) in [5.41, 5.74) is 1.00. The lowest BCUT2D eigenvalue weighted by Gasteiger charge is -2.23. The molecule has 3 aromatic carbocycles. The molecule has 0 saturated heterocycles. The standard InChI is InChI=1S/C31H31F3N6O8S/c1-4-46-30(42)47-20-48-37-40(43)38(3)27(18-22-8-6-5-7-9-22)29(41)36-49(44,45)25-16-14-24(15-17-25)39-26(19-28(35-39)31(32,33)34)23-12-10-21(2)11-13-23/h5-17,19,27H,4,18,20H2,1-3H3,(H,36,41)/b40-37-/t27-/m0/s1. The molecule has 18 heteroatoms. The van der Waals surface area contributed by atoms with Crippen molar-refractivity contribution < 1.29 is 50.5 Å². The molecule has 0 aliphatic rings. The Morgan fingerprint density at radius 2 is 1.69 bits per heavy atom. The van der Waals surface area contributed by atoms with Crippen LogP contribution in [0.3, 0.4) is 0 Å². The first-order valence-electron chi connectivity index (χ1n) is 14.5. The fraction of sp³-hybridized carbons (Fsp3) is 0.258. The number of halogens is 3. The number of amides is 1. The Bertz CT molecular complexity index is 1890. The molecule has 1 N–H and O–H groups in total. The molecule has 1 aromatic heterocycles. The maximum atomic E-state index is 13.6. The van der Waals surface area contributed by atoms with Crippen molar-refractivity contribution in [1.82, 2.24) is 19.5 Å². The summed E-state index contributed by atoms with van der Waals surface area (Å²) in [4.78, 5) is 28.8. The molecular weight excluding hydrogens is 673 g/mol. The summed E-state index contributed by atoms with van der Waals surface area (Å²) in [6.07, 6.45) is -5.95. The van der Waals surface area contributed by atoms with E-state index in [1.807, 2.05) is 11.6 Å². The van der Waals surface area contributed by atoms with Crippen LogP contribution in [0.1, 0.15) is 23.7 Å². The van der Waals surface area contributed by atoms with Gasteiger partial charge in [-0.1, -0.05) is 60.2 Å². The Labute approximate surface area is 278 Å². The lowest BCUT2D eigenvalue weighted by atomic mass is 10.1. The molecule has 4 rings (SSSR count). The molecule has 0 aliphatic heterocycles. The molecule has 0 spiro atoms. The first-order valence-corrected chi connectivity index (χ1v) is 16.0. The Morgan fingerprint density at radius 3 is 2.31 bits per heavy atom. The van der Waals surface area contributed by atoms with Gasteiger partial charge in [-0.25, -0.2) is 22.6 Å². The van der Waals surface area contributed by atoms with Crippen molar-refractivity contribution in [1.29, 1.82) is 0 Å². The molecular formula is C31H31F3N6O8S. The number of hydrogen-bond acceptors (Lipinski definition) is 10. The van der Waals surface area contributed by atoms with E-state index < -0.39 is 51.7 Å². The van der Waals surface area contributed by atoms with Crippen molar-refractivity contribution in [2.75, 3.05) is 20.4 Å². The normalized spacial score (nSPS) is 12.6. The number of hydrogen-bond donors (Lipinski definition) is 1. The van der Waals surface area contributed by atoms with Crippen LogP contribution in [-0.2, 0) is 41.7 Å². The number of sulfonamides is 1. The number of ether oxygens (including phenoxy) is 2. The van der Waals surface area contributed by atoms with Crippen molar-refractivity contribution in [2.45, 2.75) is 37.4 Å². The van der Waals surface area contributed by atoms with E-state index in [0.717, 1.165) is 40.5 Å². The molecule has 14 nitrogen and oxygen atoms in total. The third-order valence-electron chi connectivity index (χ3n) is 6.89. The van der Waals surface area contributed by atoms with Crippen LogP contribution in [-0.4, -0.2) is 66.7 Å². The molecule has 0 radical (unpaired) electrons.